The van der Waals surface area contributed by atoms with E-state index in [1.54, 1.807) is 30.6 Å². The molecule has 2 amide bonds. The zero-order chi connectivity index (χ0) is 43.3. The number of quaternary nitrogens is 1. The number of carbonyl (C=O) groups is 2. The molecular formula is C46H51N8O7S2+. The van der Waals surface area contributed by atoms with Gasteiger partial charge >= 0.3 is 0 Å². The lowest BCUT2D eigenvalue weighted by molar-refractivity contribution is -0.829. The molecule has 6 heterocycles. The van der Waals surface area contributed by atoms with Crippen molar-refractivity contribution in [3.05, 3.63) is 118 Å². The number of aromatic nitrogens is 2. The first kappa shape index (κ1) is 42.5. The fourth-order valence-electron chi connectivity index (χ4n) is 8.71. The molecule has 63 heavy (non-hydrogen) atoms. The predicted octanol–water partition coefficient (Wildman–Crippen LogP) is 5.58. The molecule has 1 aliphatic carbocycles. The summed E-state index contributed by atoms with van der Waals surface area (Å²) in [4.78, 5) is 47.2. The molecule has 0 unspecified atom stereocenters. The maximum Gasteiger partial charge on any atom is 0.268 e. The summed E-state index contributed by atoms with van der Waals surface area (Å²) >= 11 is 1.53. The van der Waals surface area contributed by atoms with E-state index in [2.05, 4.69) is 41.6 Å². The number of benzene rings is 2. The number of aromatic amines is 1. The average molecular weight is 892 g/mol. The highest BCUT2D eigenvalue weighted by atomic mass is 32.2. The third-order valence-corrected chi connectivity index (χ3v) is 14.2. The van der Waals surface area contributed by atoms with Gasteiger partial charge in [0.1, 0.15) is 17.1 Å². The summed E-state index contributed by atoms with van der Waals surface area (Å²) in [7, 11) is -2.83. The van der Waals surface area contributed by atoms with Crippen LogP contribution in [0.3, 0.4) is 0 Å². The van der Waals surface area contributed by atoms with Crippen molar-refractivity contribution in [2.24, 2.45) is 5.92 Å². The standard InChI is InChI=1S/C46H50N8O7S2/c1-59-50-42-25-39(7-9-41(42)48-26-31-11-19-60-20-12-31)63(57,58)51-45(55)40-8-6-36(24-43(40)61-38-23-33-10-14-47-44(33)49-27-38)53-17-15-52(16-18-53)29-37-22-32-4-2-3-5-34(32)28-54(37)46(56)35-13-21-62-30-35/h2,5-10,13-14,21,23-25,27,30-31,37,48,50H,4,11-12,15-20,22,26,28-29H2,1H3,(H,47,49)(H,51,55)/p+1/t37-/m0/s1. The smallest absolute Gasteiger partial charge is 0.268 e. The average Bonchev–Trinajstić information content (AvgIpc) is 4.02. The number of hydrogen-bond donors (Lipinski definition) is 4. The zero-order valence-corrected chi connectivity index (χ0v) is 36.7. The Bertz CT molecular complexity index is 2680. The van der Waals surface area contributed by atoms with Crippen LogP contribution in [0.15, 0.2) is 112 Å². The third-order valence-electron chi connectivity index (χ3n) is 12.2. The first-order valence-electron chi connectivity index (χ1n) is 21.3. The Kier molecular flexibility index (Phi) is 12.8. The lowest BCUT2D eigenvalue weighted by Crippen LogP contribution is -2.76. The van der Waals surface area contributed by atoms with Crippen LogP contribution in [0.25, 0.3) is 11.0 Å². The quantitative estimate of drug-likeness (QED) is 0.0623. The summed E-state index contributed by atoms with van der Waals surface area (Å²) in [5.74, 6) is 0.237. The molecule has 17 heteroatoms. The molecule has 15 nitrogen and oxygen atoms in total. The van der Waals surface area contributed by atoms with Crippen LogP contribution in [-0.4, -0.2) is 112 Å². The summed E-state index contributed by atoms with van der Waals surface area (Å²) in [5, 5.41) is 8.11. The number of H-pyrrole nitrogens is 1. The van der Waals surface area contributed by atoms with Crippen molar-refractivity contribution in [3.8, 4) is 11.5 Å². The number of amides is 2. The number of carbonyl (C=O) groups excluding carboxylic acids is 2. The van der Waals surface area contributed by atoms with Gasteiger partial charge in [-0.15, -0.1) is 5.73 Å². The highest BCUT2D eigenvalue weighted by molar-refractivity contribution is 7.90. The number of pyridine rings is 1. The van der Waals surface area contributed by atoms with Crippen LogP contribution in [0.1, 0.15) is 46.4 Å². The minimum atomic E-state index is -4.33. The molecule has 2 aromatic carbocycles. The van der Waals surface area contributed by atoms with Gasteiger partial charge < -0.3 is 29.6 Å². The summed E-state index contributed by atoms with van der Waals surface area (Å²) in [6, 6.07) is 15.5. The van der Waals surface area contributed by atoms with E-state index in [0.717, 1.165) is 80.9 Å². The molecular weight excluding hydrogens is 841 g/mol. The van der Waals surface area contributed by atoms with Crippen LogP contribution in [-0.2, 0) is 19.6 Å². The molecule has 5 N–H and O–H groups in total. The van der Waals surface area contributed by atoms with E-state index in [1.807, 2.05) is 46.0 Å². The second-order valence-corrected chi connectivity index (χ2v) is 18.7. The van der Waals surface area contributed by atoms with E-state index >= 15 is 0 Å². The predicted molar refractivity (Wildman–Crippen MR) is 241 cm³/mol. The largest absolute Gasteiger partial charge is 0.455 e. The molecule has 2 saturated heterocycles. The highest BCUT2D eigenvalue weighted by Gasteiger charge is 2.34. The van der Waals surface area contributed by atoms with E-state index in [0.29, 0.717) is 49.2 Å². The minimum Gasteiger partial charge on any atom is -0.455 e. The Morgan fingerprint density at radius 3 is 2.73 bits per heavy atom. The number of fused-ring (bicyclic) bond motifs is 1. The SMILES string of the molecule is CO[NH2+]c1cc(S(=O)(=O)NC(=O)c2ccc(N3CCN(C[C@@H]4CC5=C(C=C=CC5)CN4C(=O)c4ccsc4)CC3)cc2Oc2cnc3[nH]ccc3c2)ccc1NCC1CCOCC1. The first-order chi connectivity index (χ1) is 30.7. The van der Waals surface area contributed by atoms with Crippen molar-refractivity contribution < 1.29 is 37.8 Å². The van der Waals surface area contributed by atoms with Crippen molar-refractivity contribution in [2.75, 3.05) is 76.4 Å². The monoisotopic (exact) mass is 891 g/mol. The van der Waals surface area contributed by atoms with E-state index in [9.17, 15) is 18.0 Å². The van der Waals surface area contributed by atoms with Gasteiger partial charge in [0.25, 0.3) is 21.8 Å². The summed E-state index contributed by atoms with van der Waals surface area (Å²) in [6.07, 6.45) is 11.0. The van der Waals surface area contributed by atoms with Gasteiger partial charge in [0, 0.05) is 99.9 Å². The van der Waals surface area contributed by atoms with E-state index in [-0.39, 0.29) is 28.2 Å². The number of ether oxygens (including phenoxy) is 2. The lowest BCUT2D eigenvalue weighted by Gasteiger charge is -2.43. The Labute approximate surface area is 370 Å². The number of thiophene rings is 1. The van der Waals surface area contributed by atoms with Crippen molar-refractivity contribution in [1.82, 2.24) is 24.5 Å². The van der Waals surface area contributed by atoms with Gasteiger partial charge in [-0.25, -0.2) is 23.0 Å². The fraction of sp³-hybridized carbons (Fsp3) is 0.348. The Morgan fingerprint density at radius 2 is 1.92 bits per heavy atom. The zero-order valence-electron chi connectivity index (χ0n) is 35.0. The number of nitrogens with one attached hydrogen (secondary N) is 3. The van der Waals surface area contributed by atoms with Crippen molar-refractivity contribution in [2.45, 2.75) is 36.6 Å². The third kappa shape index (κ3) is 9.75. The molecule has 9 rings (SSSR count). The molecule has 5 aromatic rings. The second kappa shape index (κ2) is 18.9. The van der Waals surface area contributed by atoms with Gasteiger partial charge in [0.05, 0.1) is 35.0 Å². The summed E-state index contributed by atoms with van der Waals surface area (Å²) < 4.78 is 41.8. The van der Waals surface area contributed by atoms with Gasteiger partial charge in [0.2, 0.25) is 0 Å². The van der Waals surface area contributed by atoms with Gasteiger partial charge in [-0.3, -0.25) is 14.5 Å². The molecule has 2 fully saturated rings. The topological polar surface area (TPSA) is 175 Å². The summed E-state index contributed by atoms with van der Waals surface area (Å²) in [6.45, 7) is 6.42. The molecule has 4 aliphatic rings. The minimum absolute atomic E-state index is 0.0438. The number of anilines is 2. The van der Waals surface area contributed by atoms with Crippen molar-refractivity contribution in [1.29, 1.82) is 0 Å². The number of sulfonamides is 1. The van der Waals surface area contributed by atoms with Crippen molar-refractivity contribution >= 4 is 61.3 Å². The van der Waals surface area contributed by atoms with Crippen LogP contribution in [0.5, 0.6) is 11.5 Å². The Balaban J connectivity index is 0.913. The highest BCUT2D eigenvalue weighted by Crippen LogP contribution is 2.34. The first-order valence-corrected chi connectivity index (χ1v) is 23.7. The van der Waals surface area contributed by atoms with Crippen LogP contribution < -0.4 is 25.2 Å². The van der Waals surface area contributed by atoms with E-state index < -0.39 is 15.9 Å². The van der Waals surface area contributed by atoms with Crippen LogP contribution in [0.4, 0.5) is 17.1 Å². The molecule has 0 radical (unpaired) electrons. The Morgan fingerprint density at radius 1 is 1.06 bits per heavy atom. The Hall–Kier alpha value is -5.78. The summed E-state index contributed by atoms with van der Waals surface area (Å²) in [5.41, 5.74) is 10.8. The molecule has 328 valence electrons. The molecule has 1 atom stereocenters. The van der Waals surface area contributed by atoms with Crippen LogP contribution in [0.2, 0.25) is 0 Å². The number of hydrogen-bond acceptors (Lipinski definition) is 12. The van der Waals surface area contributed by atoms with Crippen LogP contribution >= 0.6 is 11.3 Å². The number of nitrogens with two attached hydrogens (primary N) is 1. The van der Waals surface area contributed by atoms with Crippen LogP contribution in [0, 0.1) is 5.92 Å². The molecule has 3 aromatic heterocycles. The number of rotatable bonds is 14. The van der Waals surface area contributed by atoms with Gasteiger partial charge in [-0.1, -0.05) is 5.57 Å². The van der Waals surface area contributed by atoms with E-state index in [1.165, 1.54) is 47.2 Å². The molecule has 0 spiro atoms. The van der Waals surface area contributed by atoms with Gasteiger partial charge in [0.15, 0.2) is 5.69 Å². The van der Waals surface area contributed by atoms with Gasteiger partial charge in [-0.05, 0) is 97.2 Å². The van der Waals surface area contributed by atoms with Crippen molar-refractivity contribution in [3.63, 3.8) is 0 Å². The van der Waals surface area contributed by atoms with E-state index in [4.69, 9.17) is 14.3 Å². The second-order valence-electron chi connectivity index (χ2n) is 16.3. The number of nitrogens with zero attached hydrogens (tertiary/aromatic N) is 4. The number of piperazine rings is 1. The maximum absolute atomic E-state index is 14.0. The lowest BCUT2D eigenvalue weighted by atomic mass is 9.89. The molecule has 0 saturated carbocycles. The normalized spacial score (nSPS) is 18.5. The van der Waals surface area contributed by atoms with Gasteiger partial charge in [-0.2, -0.15) is 16.8 Å². The molecule has 0 bridgehead atoms. The molecule has 3 aliphatic heterocycles. The maximum atomic E-state index is 14.0. The fourth-order valence-corrected chi connectivity index (χ4v) is 10.3.